The normalized spacial score (nSPS) is 18.8. The maximum atomic E-state index is 12.7. The number of rotatable bonds is 3. The minimum atomic E-state index is -0.757. The predicted molar refractivity (Wildman–Crippen MR) is 79.4 cm³/mol. The van der Waals surface area contributed by atoms with Crippen LogP contribution in [0.25, 0.3) is 0 Å². The maximum absolute atomic E-state index is 12.7. The molecule has 0 amide bonds. The first kappa shape index (κ1) is 13.6. The number of esters is 1. The molecule has 0 saturated heterocycles. The van der Waals surface area contributed by atoms with Gasteiger partial charge in [0.2, 0.25) is 0 Å². The summed E-state index contributed by atoms with van der Waals surface area (Å²) < 4.78 is 5.36. The van der Waals surface area contributed by atoms with E-state index in [1.165, 1.54) is 0 Å². The highest BCUT2D eigenvalue weighted by Gasteiger charge is 2.41. The molecule has 0 N–H and O–H groups in total. The van der Waals surface area contributed by atoms with Crippen molar-refractivity contribution in [1.29, 1.82) is 0 Å². The molecule has 0 saturated carbocycles. The van der Waals surface area contributed by atoms with Crippen LogP contribution in [0.4, 0.5) is 0 Å². The number of hydrogen-bond donors (Lipinski definition) is 0. The standard InChI is InChI=1S/C18H16O3/c1-2-13(12-8-4-3-5-9-12)16-17(19)14-10-6-7-11-15(14)21-18(16)20/h3-11,13,16H,2H2,1H3. The van der Waals surface area contributed by atoms with E-state index in [0.29, 0.717) is 17.7 Å². The average molecular weight is 280 g/mol. The van der Waals surface area contributed by atoms with Crippen molar-refractivity contribution in [2.45, 2.75) is 19.3 Å². The van der Waals surface area contributed by atoms with Gasteiger partial charge in [-0.3, -0.25) is 9.59 Å². The lowest BCUT2D eigenvalue weighted by Gasteiger charge is -2.28. The summed E-state index contributed by atoms with van der Waals surface area (Å²) in [6, 6.07) is 16.6. The van der Waals surface area contributed by atoms with Crippen LogP contribution in [-0.4, -0.2) is 11.8 Å². The van der Waals surface area contributed by atoms with Crippen LogP contribution in [-0.2, 0) is 4.79 Å². The molecule has 0 fully saturated rings. The second kappa shape index (κ2) is 5.52. The van der Waals surface area contributed by atoms with Crippen LogP contribution < -0.4 is 4.74 Å². The molecule has 2 aromatic carbocycles. The van der Waals surface area contributed by atoms with E-state index in [0.717, 1.165) is 5.56 Å². The van der Waals surface area contributed by atoms with Gasteiger partial charge in [0.1, 0.15) is 11.7 Å². The van der Waals surface area contributed by atoms with Gasteiger partial charge in [-0.2, -0.15) is 0 Å². The number of fused-ring (bicyclic) bond motifs is 1. The second-order valence-electron chi connectivity index (χ2n) is 5.18. The van der Waals surface area contributed by atoms with Crippen molar-refractivity contribution in [2.24, 2.45) is 5.92 Å². The van der Waals surface area contributed by atoms with E-state index in [1.807, 2.05) is 37.3 Å². The van der Waals surface area contributed by atoms with Crippen LogP contribution in [0.15, 0.2) is 54.6 Å². The highest BCUT2D eigenvalue weighted by molar-refractivity contribution is 6.14. The quantitative estimate of drug-likeness (QED) is 0.490. The zero-order chi connectivity index (χ0) is 14.8. The van der Waals surface area contributed by atoms with Gasteiger partial charge in [0.15, 0.2) is 5.78 Å². The van der Waals surface area contributed by atoms with E-state index < -0.39 is 11.9 Å². The minimum Gasteiger partial charge on any atom is -0.425 e. The molecule has 0 bridgehead atoms. The van der Waals surface area contributed by atoms with Crippen molar-refractivity contribution < 1.29 is 14.3 Å². The van der Waals surface area contributed by atoms with Crippen molar-refractivity contribution in [3.8, 4) is 5.75 Å². The summed E-state index contributed by atoms with van der Waals surface area (Å²) in [5.41, 5.74) is 1.49. The van der Waals surface area contributed by atoms with Crippen molar-refractivity contribution >= 4 is 11.8 Å². The first-order valence-electron chi connectivity index (χ1n) is 7.12. The SMILES string of the molecule is CCC(c1ccccc1)C1C(=O)Oc2ccccc2C1=O. The molecule has 3 heteroatoms. The topological polar surface area (TPSA) is 43.4 Å². The zero-order valence-corrected chi connectivity index (χ0v) is 11.8. The third kappa shape index (κ3) is 2.35. The number of Topliss-reactive ketones (excluding diaryl/α,β-unsaturated/α-hetero) is 1. The number of para-hydroxylation sites is 1. The van der Waals surface area contributed by atoms with Crippen molar-refractivity contribution in [3.63, 3.8) is 0 Å². The zero-order valence-electron chi connectivity index (χ0n) is 11.8. The molecule has 1 heterocycles. The summed E-state index contributed by atoms with van der Waals surface area (Å²) in [6.45, 7) is 1.98. The highest BCUT2D eigenvalue weighted by Crippen LogP contribution is 2.37. The van der Waals surface area contributed by atoms with E-state index in [1.54, 1.807) is 24.3 Å². The fourth-order valence-electron chi connectivity index (χ4n) is 2.92. The first-order valence-corrected chi connectivity index (χ1v) is 7.12. The van der Waals surface area contributed by atoms with Crippen LogP contribution >= 0.6 is 0 Å². The molecule has 2 atom stereocenters. The number of ether oxygens (including phenoxy) is 1. The molecule has 3 rings (SSSR count). The van der Waals surface area contributed by atoms with Crippen LogP contribution in [0.2, 0.25) is 0 Å². The fraction of sp³-hybridized carbons (Fsp3) is 0.222. The van der Waals surface area contributed by atoms with E-state index in [2.05, 4.69) is 0 Å². The minimum absolute atomic E-state index is 0.141. The van der Waals surface area contributed by atoms with Crippen LogP contribution in [0.3, 0.4) is 0 Å². The van der Waals surface area contributed by atoms with Crippen molar-refractivity contribution in [1.82, 2.24) is 0 Å². The molecule has 0 aliphatic carbocycles. The lowest BCUT2D eigenvalue weighted by molar-refractivity contribution is -0.138. The molecule has 0 radical (unpaired) electrons. The summed E-state index contributed by atoms with van der Waals surface area (Å²) in [5, 5.41) is 0. The molecule has 0 aromatic heterocycles. The van der Waals surface area contributed by atoms with Gasteiger partial charge in [-0.25, -0.2) is 0 Å². The summed E-state index contributed by atoms with van der Waals surface area (Å²) in [6.07, 6.45) is 0.706. The number of carbonyl (C=O) groups is 2. The lowest BCUT2D eigenvalue weighted by Crippen LogP contribution is -2.37. The van der Waals surface area contributed by atoms with Gasteiger partial charge in [-0.05, 0) is 24.1 Å². The Kier molecular flexibility index (Phi) is 3.57. The van der Waals surface area contributed by atoms with Crippen molar-refractivity contribution in [3.05, 3.63) is 65.7 Å². The Labute approximate surface area is 123 Å². The van der Waals surface area contributed by atoms with Gasteiger partial charge in [0.05, 0.1) is 5.56 Å². The number of carbonyl (C=O) groups excluding carboxylic acids is 2. The summed E-state index contributed by atoms with van der Waals surface area (Å²) in [7, 11) is 0. The molecular formula is C18H16O3. The number of ketones is 1. The van der Waals surface area contributed by atoms with E-state index in [-0.39, 0.29) is 11.7 Å². The lowest BCUT2D eigenvalue weighted by atomic mass is 9.78. The van der Waals surface area contributed by atoms with Gasteiger partial charge in [0, 0.05) is 5.92 Å². The molecule has 1 aliphatic heterocycles. The van der Waals surface area contributed by atoms with E-state index >= 15 is 0 Å². The van der Waals surface area contributed by atoms with Gasteiger partial charge in [0.25, 0.3) is 0 Å². The molecular weight excluding hydrogens is 264 g/mol. The first-order chi connectivity index (χ1) is 10.2. The molecule has 21 heavy (non-hydrogen) atoms. The van der Waals surface area contributed by atoms with Crippen LogP contribution in [0, 0.1) is 5.92 Å². The highest BCUT2D eigenvalue weighted by atomic mass is 16.5. The predicted octanol–water partition coefficient (Wildman–Crippen LogP) is 3.60. The van der Waals surface area contributed by atoms with Crippen LogP contribution in [0.1, 0.15) is 35.2 Å². The molecule has 2 aromatic rings. The third-order valence-corrected chi connectivity index (χ3v) is 3.97. The second-order valence-corrected chi connectivity index (χ2v) is 5.18. The Balaban J connectivity index is 2.02. The Morgan fingerprint density at radius 1 is 1.00 bits per heavy atom. The molecule has 2 unspecified atom stereocenters. The maximum Gasteiger partial charge on any atom is 0.322 e. The number of hydrogen-bond acceptors (Lipinski definition) is 3. The van der Waals surface area contributed by atoms with E-state index in [4.69, 9.17) is 4.74 Å². The molecule has 106 valence electrons. The van der Waals surface area contributed by atoms with E-state index in [9.17, 15) is 9.59 Å². The largest absolute Gasteiger partial charge is 0.425 e. The summed E-state index contributed by atoms with van der Waals surface area (Å²) in [5.74, 6) is -1.13. The summed E-state index contributed by atoms with van der Waals surface area (Å²) >= 11 is 0. The van der Waals surface area contributed by atoms with Crippen LogP contribution in [0.5, 0.6) is 5.75 Å². The molecule has 3 nitrogen and oxygen atoms in total. The Morgan fingerprint density at radius 2 is 1.67 bits per heavy atom. The monoisotopic (exact) mass is 280 g/mol. The Morgan fingerprint density at radius 3 is 2.38 bits per heavy atom. The van der Waals surface area contributed by atoms with Gasteiger partial charge < -0.3 is 4.74 Å². The third-order valence-electron chi connectivity index (χ3n) is 3.97. The van der Waals surface area contributed by atoms with Crippen molar-refractivity contribution in [2.75, 3.05) is 0 Å². The van der Waals surface area contributed by atoms with Gasteiger partial charge in [-0.15, -0.1) is 0 Å². The molecule has 0 spiro atoms. The van der Waals surface area contributed by atoms with Gasteiger partial charge in [-0.1, -0.05) is 49.4 Å². The Hall–Kier alpha value is -2.42. The fourth-order valence-corrected chi connectivity index (χ4v) is 2.92. The Bertz CT molecular complexity index is 676. The number of benzene rings is 2. The smallest absolute Gasteiger partial charge is 0.322 e. The van der Waals surface area contributed by atoms with Gasteiger partial charge >= 0.3 is 5.97 Å². The average Bonchev–Trinajstić information content (AvgIpc) is 2.52. The molecule has 1 aliphatic rings. The summed E-state index contributed by atoms with van der Waals surface area (Å²) in [4.78, 5) is 25.0.